The van der Waals surface area contributed by atoms with E-state index in [2.05, 4.69) is 12.0 Å². The standard InChI is InChI=1S/C23H34N4O3/c1-14(2)20-11-18(19-12-24-27(15(3)4)22(19)25-20)23(29)30-13-21(28)26(6)17-9-7-16(5)8-10-17/h11-12,14-17H,7-10,13H2,1-6H3. The van der Waals surface area contributed by atoms with Gasteiger partial charge in [-0.3, -0.25) is 4.79 Å². The van der Waals surface area contributed by atoms with E-state index in [1.807, 2.05) is 34.7 Å². The Labute approximate surface area is 178 Å². The van der Waals surface area contributed by atoms with Crippen LogP contribution in [-0.4, -0.2) is 51.2 Å². The van der Waals surface area contributed by atoms with Gasteiger partial charge in [-0.2, -0.15) is 5.10 Å². The molecule has 2 aromatic rings. The molecule has 3 rings (SSSR count). The Hall–Kier alpha value is -2.44. The molecule has 1 aliphatic carbocycles. The van der Waals surface area contributed by atoms with Crippen LogP contribution in [0.25, 0.3) is 11.0 Å². The predicted octanol–water partition coefficient (Wildman–Crippen LogP) is 4.33. The highest BCUT2D eigenvalue weighted by molar-refractivity contribution is 6.03. The Balaban J connectivity index is 1.75. The number of esters is 1. The SMILES string of the molecule is CC1CCC(N(C)C(=O)COC(=O)c2cc(C(C)C)nc3c2cnn3C(C)C)CC1. The van der Waals surface area contributed by atoms with Crippen LogP contribution in [0.3, 0.4) is 0 Å². The van der Waals surface area contributed by atoms with Crippen molar-refractivity contribution in [3.63, 3.8) is 0 Å². The molecule has 0 saturated heterocycles. The monoisotopic (exact) mass is 414 g/mol. The van der Waals surface area contributed by atoms with E-state index in [1.165, 1.54) is 0 Å². The Morgan fingerprint density at radius 3 is 2.47 bits per heavy atom. The molecule has 2 heterocycles. The first-order chi connectivity index (χ1) is 14.2. The second kappa shape index (κ2) is 9.14. The Morgan fingerprint density at radius 1 is 1.20 bits per heavy atom. The molecule has 0 N–H and O–H groups in total. The molecular weight excluding hydrogens is 380 g/mol. The van der Waals surface area contributed by atoms with Crippen molar-refractivity contribution in [2.75, 3.05) is 13.7 Å². The molecular formula is C23H34N4O3. The fraction of sp³-hybridized carbons (Fsp3) is 0.652. The molecule has 7 heteroatoms. The van der Waals surface area contributed by atoms with Crippen LogP contribution in [0.5, 0.6) is 0 Å². The van der Waals surface area contributed by atoms with E-state index in [0.29, 0.717) is 16.6 Å². The summed E-state index contributed by atoms with van der Waals surface area (Å²) in [6.45, 7) is 10.1. The van der Waals surface area contributed by atoms with E-state index in [1.54, 1.807) is 21.8 Å². The summed E-state index contributed by atoms with van der Waals surface area (Å²) in [5.74, 6) is 0.207. The van der Waals surface area contributed by atoms with Crippen LogP contribution in [0, 0.1) is 5.92 Å². The van der Waals surface area contributed by atoms with Crippen LogP contribution >= 0.6 is 0 Å². The van der Waals surface area contributed by atoms with Gasteiger partial charge in [-0.25, -0.2) is 14.5 Å². The van der Waals surface area contributed by atoms with Crippen molar-refractivity contribution in [3.05, 3.63) is 23.5 Å². The molecule has 0 unspecified atom stereocenters. The van der Waals surface area contributed by atoms with Crippen molar-refractivity contribution in [1.29, 1.82) is 0 Å². The van der Waals surface area contributed by atoms with Gasteiger partial charge in [0.05, 0.1) is 17.1 Å². The lowest BCUT2D eigenvalue weighted by atomic mass is 9.87. The number of aromatic nitrogens is 3. The smallest absolute Gasteiger partial charge is 0.339 e. The molecule has 164 valence electrons. The minimum atomic E-state index is -0.508. The fourth-order valence-corrected chi connectivity index (χ4v) is 4.02. The molecule has 0 radical (unpaired) electrons. The number of amides is 1. The zero-order chi connectivity index (χ0) is 22.0. The summed E-state index contributed by atoms with van der Waals surface area (Å²) >= 11 is 0. The van der Waals surface area contributed by atoms with Gasteiger partial charge >= 0.3 is 5.97 Å². The number of hydrogen-bond acceptors (Lipinski definition) is 5. The van der Waals surface area contributed by atoms with Crippen LogP contribution in [-0.2, 0) is 9.53 Å². The molecule has 1 fully saturated rings. The molecule has 0 bridgehead atoms. The third-order valence-corrected chi connectivity index (χ3v) is 6.14. The second-order valence-corrected chi connectivity index (χ2v) is 9.16. The van der Waals surface area contributed by atoms with E-state index in [0.717, 1.165) is 37.3 Å². The van der Waals surface area contributed by atoms with E-state index in [9.17, 15) is 9.59 Å². The topological polar surface area (TPSA) is 77.3 Å². The second-order valence-electron chi connectivity index (χ2n) is 9.16. The molecule has 2 aromatic heterocycles. The van der Waals surface area contributed by atoms with Crippen LogP contribution in [0.4, 0.5) is 0 Å². The van der Waals surface area contributed by atoms with Gasteiger partial charge < -0.3 is 9.64 Å². The number of pyridine rings is 1. The fourth-order valence-electron chi connectivity index (χ4n) is 4.02. The van der Waals surface area contributed by atoms with E-state index >= 15 is 0 Å². The van der Waals surface area contributed by atoms with Crippen LogP contribution in [0.2, 0.25) is 0 Å². The van der Waals surface area contributed by atoms with Gasteiger partial charge in [0.2, 0.25) is 0 Å². The van der Waals surface area contributed by atoms with Crippen molar-refractivity contribution >= 4 is 22.9 Å². The Kier molecular flexibility index (Phi) is 6.78. The number of fused-ring (bicyclic) bond motifs is 1. The third kappa shape index (κ3) is 4.65. The predicted molar refractivity (Wildman–Crippen MR) is 116 cm³/mol. The first kappa shape index (κ1) is 22.2. The molecule has 0 atom stereocenters. The summed E-state index contributed by atoms with van der Waals surface area (Å²) in [4.78, 5) is 32.0. The highest BCUT2D eigenvalue weighted by Gasteiger charge is 2.26. The number of nitrogens with zero attached hydrogens (tertiary/aromatic N) is 4. The first-order valence-corrected chi connectivity index (χ1v) is 11.0. The maximum Gasteiger partial charge on any atom is 0.339 e. The van der Waals surface area contributed by atoms with Crippen LogP contribution in [0.1, 0.15) is 88.3 Å². The van der Waals surface area contributed by atoms with Crippen molar-refractivity contribution in [2.24, 2.45) is 5.92 Å². The first-order valence-electron chi connectivity index (χ1n) is 11.0. The van der Waals surface area contributed by atoms with Gasteiger partial charge in [-0.05, 0) is 57.4 Å². The summed E-state index contributed by atoms with van der Waals surface area (Å²) in [5.41, 5.74) is 1.89. The number of hydrogen-bond donors (Lipinski definition) is 0. The van der Waals surface area contributed by atoms with Gasteiger partial charge in [0.15, 0.2) is 12.3 Å². The lowest BCUT2D eigenvalue weighted by Gasteiger charge is -2.33. The van der Waals surface area contributed by atoms with Gasteiger partial charge in [-0.15, -0.1) is 0 Å². The van der Waals surface area contributed by atoms with Gasteiger partial charge in [0, 0.05) is 24.8 Å². The van der Waals surface area contributed by atoms with Crippen molar-refractivity contribution < 1.29 is 14.3 Å². The Morgan fingerprint density at radius 2 is 1.87 bits per heavy atom. The normalized spacial score (nSPS) is 19.5. The number of likely N-dealkylation sites (N-methyl/N-ethyl adjacent to an activating group) is 1. The van der Waals surface area contributed by atoms with Gasteiger partial charge in [0.1, 0.15) is 0 Å². The van der Waals surface area contributed by atoms with Gasteiger partial charge in [0.25, 0.3) is 5.91 Å². The minimum Gasteiger partial charge on any atom is -0.452 e. The zero-order valence-corrected chi connectivity index (χ0v) is 19.0. The van der Waals surface area contributed by atoms with Crippen molar-refractivity contribution in [3.8, 4) is 0 Å². The molecule has 1 amide bonds. The number of ether oxygens (including phenoxy) is 1. The maximum absolute atomic E-state index is 12.9. The van der Waals surface area contributed by atoms with E-state index in [4.69, 9.17) is 9.72 Å². The molecule has 7 nitrogen and oxygen atoms in total. The summed E-state index contributed by atoms with van der Waals surface area (Å²) in [6.07, 6.45) is 5.94. The highest BCUT2D eigenvalue weighted by Crippen LogP contribution is 2.27. The van der Waals surface area contributed by atoms with Crippen molar-refractivity contribution in [2.45, 2.75) is 78.3 Å². The molecule has 0 aromatic carbocycles. The number of carbonyl (C=O) groups is 2. The van der Waals surface area contributed by atoms with Crippen LogP contribution < -0.4 is 0 Å². The summed E-state index contributed by atoms with van der Waals surface area (Å²) in [6, 6.07) is 2.12. The molecule has 1 saturated carbocycles. The summed E-state index contributed by atoms with van der Waals surface area (Å²) < 4.78 is 7.25. The largest absolute Gasteiger partial charge is 0.452 e. The average molecular weight is 415 g/mol. The van der Waals surface area contributed by atoms with Crippen molar-refractivity contribution in [1.82, 2.24) is 19.7 Å². The minimum absolute atomic E-state index is 0.120. The summed E-state index contributed by atoms with van der Waals surface area (Å²) in [7, 11) is 1.81. The molecule has 30 heavy (non-hydrogen) atoms. The van der Waals surface area contributed by atoms with E-state index < -0.39 is 5.97 Å². The lowest BCUT2D eigenvalue weighted by molar-refractivity contribution is -0.136. The summed E-state index contributed by atoms with van der Waals surface area (Å²) in [5, 5.41) is 5.05. The lowest BCUT2D eigenvalue weighted by Crippen LogP contribution is -2.41. The average Bonchev–Trinajstić information content (AvgIpc) is 3.15. The quantitative estimate of drug-likeness (QED) is 0.658. The maximum atomic E-state index is 12.9. The molecule has 1 aliphatic rings. The molecule has 0 spiro atoms. The highest BCUT2D eigenvalue weighted by atomic mass is 16.5. The zero-order valence-electron chi connectivity index (χ0n) is 19.0. The number of rotatable bonds is 6. The third-order valence-electron chi connectivity index (χ3n) is 6.14. The Bertz CT molecular complexity index is 911. The molecule has 0 aliphatic heterocycles. The van der Waals surface area contributed by atoms with Gasteiger partial charge in [-0.1, -0.05) is 20.8 Å². The van der Waals surface area contributed by atoms with E-state index in [-0.39, 0.29) is 30.5 Å². The van der Waals surface area contributed by atoms with Crippen LogP contribution in [0.15, 0.2) is 12.3 Å². The number of carbonyl (C=O) groups excluding carboxylic acids is 2.